The molecule has 142 valence electrons. The van der Waals surface area contributed by atoms with Crippen LogP contribution in [0, 0.1) is 0 Å². The summed E-state index contributed by atoms with van der Waals surface area (Å²) in [4.78, 5) is 39.6. The molecule has 7 heteroatoms. The second-order valence-corrected chi connectivity index (χ2v) is 6.70. The number of esters is 1. The van der Waals surface area contributed by atoms with E-state index in [1.165, 1.54) is 0 Å². The van der Waals surface area contributed by atoms with Crippen molar-refractivity contribution in [1.82, 2.24) is 9.55 Å². The Morgan fingerprint density at radius 3 is 2.48 bits per heavy atom. The highest BCUT2D eigenvalue weighted by Crippen LogP contribution is 2.38. The normalized spacial score (nSPS) is 15.3. The summed E-state index contributed by atoms with van der Waals surface area (Å²) < 4.78 is 6.39. The van der Waals surface area contributed by atoms with Gasteiger partial charge in [-0.1, -0.05) is 54.6 Å². The van der Waals surface area contributed by atoms with Crippen molar-refractivity contribution in [3.05, 3.63) is 104 Å². The molecule has 4 aromatic rings. The van der Waals surface area contributed by atoms with Gasteiger partial charge in [-0.2, -0.15) is 0 Å². The molecule has 0 aliphatic carbocycles. The molecule has 0 amide bonds. The smallest absolute Gasteiger partial charge is 0.339 e. The molecule has 3 aromatic carbocycles. The topological polar surface area (TPSA) is 101 Å². The number of aromatic hydroxyl groups is 1. The standard InChI is InChI=1S/C22H14N2O5/c25-19-17(18-14-9-3-4-10-15(14)21(27)29-18)20(26)24(22(28)23-19)16-11-5-7-12-6-1-2-8-13(12)16/h1-11,18,26H,(H,23,25,28)/t18-/m1/s1. The average Bonchev–Trinajstić information content (AvgIpc) is 3.04. The van der Waals surface area contributed by atoms with E-state index in [1.54, 1.807) is 36.4 Å². The van der Waals surface area contributed by atoms with Crippen LogP contribution in [0.4, 0.5) is 0 Å². The van der Waals surface area contributed by atoms with Crippen molar-refractivity contribution in [1.29, 1.82) is 0 Å². The zero-order chi connectivity index (χ0) is 20.1. The fourth-order valence-electron chi connectivity index (χ4n) is 3.76. The Bertz CT molecular complexity index is 1410. The van der Waals surface area contributed by atoms with Gasteiger partial charge in [0.15, 0.2) is 6.10 Å². The number of hydrogen-bond donors (Lipinski definition) is 2. The maximum atomic E-state index is 12.6. The molecule has 2 N–H and O–H groups in total. The molecule has 7 nitrogen and oxygen atoms in total. The lowest BCUT2D eigenvalue weighted by molar-refractivity contribution is 0.0449. The van der Waals surface area contributed by atoms with Crippen LogP contribution in [0.3, 0.4) is 0 Å². The van der Waals surface area contributed by atoms with E-state index < -0.39 is 29.2 Å². The first-order valence-electron chi connectivity index (χ1n) is 8.92. The second-order valence-electron chi connectivity index (χ2n) is 6.70. The number of fused-ring (bicyclic) bond motifs is 2. The third-order valence-corrected chi connectivity index (χ3v) is 5.08. The molecular formula is C22H14N2O5. The predicted octanol–water partition coefficient (Wildman–Crippen LogP) is 2.64. The molecule has 29 heavy (non-hydrogen) atoms. The van der Waals surface area contributed by atoms with Crippen LogP contribution in [0.25, 0.3) is 16.5 Å². The van der Waals surface area contributed by atoms with Gasteiger partial charge in [0.2, 0.25) is 5.88 Å². The van der Waals surface area contributed by atoms with Crippen LogP contribution in [0.15, 0.2) is 76.3 Å². The van der Waals surface area contributed by atoms with E-state index in [4.69, 9.17) is 4.74 Å². The maximum Gasteiger partial charge on any atom is 0.339 e. The number of aromatic nitrogens is 2. The number of H-pyrrole nitrogens is 1. The molecule has 5 rings (SSSR count). The Hall–Kier alpha value is -4.13. The quantitative estimate of drug-likeness (QED) is 0.516. The van der Waals surface area contributed by atoms with E-state index in [2.05, 4.69) is 4.98 Å². The molecule has 0 unspecified atom stereocenters. The monoisotopic (exact) mass is 386 g/mol. The lowest BCUT2D eigenvalue weighted by Gasteiger charge is -2.16. The SMILES string of the molecule is O=C1O[C@@H](c2c(O)n(-c3cccc4ccccc34)c(=O)[nH]c2=O)c2ccccc21. The largest absolute Gasteiger partial charge is 0.494 e. The van der Waals surface area contributed by atoms with Crippen molar-refractivity contribution in [2.45, 2.75) is 6.10 Å². The Kier molecular flexibility index (Phi) is 3.64. The first-order chi connectivity index (χ1) is 14.1. The van der Waals surface area contributed by atoms with Crippen LogP contribution >= 0.6 is 0 Å². The van der Waals surface area contributed by atoms with Crippen molar-refractivity contribution in [2.75, 3.05) is 0 Å². The average molecular weight is 386 g/mol. The molecule has 2 heterocycles. The Labute approximate surface area is 163 Å². The summed E-state index contributed by atoms with van der Waals surface area (Å²) in [7, 11) is 0. The number of rotatable bonds is 2. The summed E-state index contributed by atoms with van der Waals surface area (Å²) in [5, 5.41) is 12.6. The van der Waals surface area contributed by atoms with Crippen molar-refractivity contribution in [2.24, 2.45) is 0 Å². The Balaban J connectivity index is 1.80. The summed E-state index contributed by atoms with van der Waals surface area (Å²) in [5.74, 6) is -1.16. The van der Waals surface area contributed by atoms with E-state index in [0.717, 1.165) is 9.95 Å². The number of nitrogens with zero attached hydrogens (tertiary/aromatic N) is 1. The van der Waals surface area contributed by atoms with Gasteiger partial charge in [-0.15, -0.1) is 0 Å². The van der Waals surface area contributed by atoms with Gasteiger partial charge in [0.05, 0.1) is 11.3 Å². The summed E-state index contributed by atoms with van der Waals surface area (Å²) in [6.45, 7) is 0. The van der Waals surface area contributed by atoms with Gasteiger partial charge >= 0.3 is 11.7 Å². The van der Waals surface area contributed by atoms with Crippen molar-refractivity contribution >= 4 is 16.7 Å². The van der Waals surface area contributed by atoms with E-state index >= 15 is 0 Å². The van der Waals surface area contributed by atoms with E-state index in [1.807, 2.05) is 30.3 Å². The molecular weight excluding hydrogens is 372 g/mol. The molecule has 0 saturated heterocycles. The molecule has 1 aromatic heterocycles. The molecule has 1 aliphatic heterocycles. The van der Waals surface area contributed by atoms with Gasteiger partial charge in [0.1, 0.15) is 5.56 Å². The molecule has 1 aliphatic rings. The van der Waals surface area contributed by atoms with Gasteiger partial charge < -0.3 is 9.84 Å². The Morgan fingerprint density at radius 1 is 0.897 bits per heavy atom. The highest BCUT2D eigenvalue weighted by molar-refractivity contribution is 5.94. The van der Waals surface area contributed by atoms with Crippen LogP contribution in [-0.4, -0.2) is 20.6 Å². The molecule has 0 spiro atoms. The van der Waals surface area contributed by atoms with Crippen LogP contribution < -0.4 is 11.2 Å². The molecule has 0 fully saturated rings. The summed E-state index contributed by atoms with van der Waals surface area (Å²) >= 11 is 0. The number of hydrogen-bond acceptors (Lipinski definition) is 5. The minimum absolute atomic E-state index is 0.198. The fraction of sp³-hybridized carbons (Fsp3) is 0.0455. The zero-order valence-electron chi connectivity index (χ0n) is 15.0. The lowest BCUT2D eigenvalue weighted by atomic mass is 10.0. The predicted molar refractivity (Wildman–Crippen MR) is 106 cm³/mol. The van der Waals surface area contributed by atoms with Gasteiger partial charge in [0, 0.05) is 10.9 Å². The van der Waals surface area contributed by atoms with Crippen LogP contribution in [0.1, 0.15) is 27.6 Å². The highest BCUT2D eigenvalue weighted by atomic mass is 16.5. The number of nitrogens with one attached hydrogen (secondary N) is 1. The molecule has 1 atom stereocenters. The van der Waals surface area contributed by atoms with E-state index in [0.29, 0.717) is 22.2 Å². The number of benzene rings is 3. The third-order valence-electron chi connectivity index (χ3n) is 5.08. The first-order valence-corrected chi connectivity index (χ1v) is 8.92. The van der Waals surface area contributed by atoms with Crippen LogP contribution in [-0.2, 0) is 4.74 Å². The molecule has 0 radical (unpaired) electrons. The first kappa shape index (κ1) is 17.0. The van der Waals surface area contributed by atoms with Crippen LogP contribution in [0.5, 0.6) is 5.88 Å². The van der Waals surface area contributed by atoms with Gasteiger partial charge in [-0.25, -0.2) is 14.2 Å². The maximum absolute atomic E-state index is 12.6. The van der Waals surface area contributed by atoms with Crippen molar-refractivity contribution < 1.29 is 14.6 Å². The minimum Gasteiger partial charge on any atom is -0.494 e. The number of carbonyl (C=O) groups is 1. The highest BCUT2D eigenvalue weighted by Gasteiger charge is 2.36. The molecule has 0 bridgehead atoms. The van der Waals surface area contributed by atoms with E-state index in [-0.39, 0.29) is 5.56 Å². The van der Waals surface area contributed by atoms with Crippen molar-refractivity contribution in [3.63, 3.8) is 0 Å². The number of cyclic esters (lactones) is 1. The van der Waals surface area contributed by atoms with Gasteiger partial charge in [-0.05, 0) is 17.5 Å². The third kappa shape index (κ3) is 2.48. The van der Waals surface area contributed by atoms with Crippen LogP contribution in [0.2, 0.25) is 0 Å². The second kappa shape index (κ2) is 6.20. The van der Waals surface area contributed by atoms with Gasteiger partial charge in [0.25, 0.3) is 5.56 Å². The Morgan fingerprint density at radius 2 is 1.62 bits per heavy atom. The number of aromatic amines is 1. The summed E-state index contributed by atoms with van der Waals surface area (Å²) in [6, 6.07) is 19.3. The number of ether oxygens (including phenoxy) is 1. The molecule has 0 saturated carbocycles. The number of carbonyl (C=O) groups excluding carboxylic acids is 1. The summed E-state index contributed by atoms with van der Waals surface area (Å²) in [6.07, 6.45) is -1.11. The minimum atomic E-state index is -1.11. The fourth-order valence-corrected chi connectivity index (χ4v) is 3.76. The van der Waals surface area contributed by atoms with Crippen molar-refractivity contribution in [3.8, 4) is 11.6 Å². The zero-order valence-corrected chi connectivity index (χ0v) is 15.0. The van der Waals surface area contributed by atoms with Gasteiger partial charge in [-0.3, -0.25) is 9.78 Å². The summed E-state index contributed by atoms with van der Waals surface area (Å²) in [5.41, 5.74) is -0.610. The lowest BCUT2D eigenvalue weighted by Crippen LogP contribution is -2.32. The van der Waals surface area contributed by atoms with E-state index in [9.17, 15) is 19.5 Å².